The molecule has 0 spiro atoms. The molecule has 0 saturated carbocycles. The van der Waals surface area contributed by atoms with E-state index < -0.39 is 0 Å². The van der Waals surface area contributed by atoms with Gasteiger partial charge in [-0.25, -0.2) is 0 Å². The van der Waals surface area contributed by atoms with Gasteiger partial charge in [-0.3, -0.25) is 0 Å². The average molecular weight is 345 g/mol. The highest BCUT2D eigenvalue weighted by molar-refractivity contribution is 5.45. The van der Waals surface area contributed by atoms with Crippen LogP contribution in [0.1, 0.15) is 65.5 Å². The topological polar surface area (TPSA) is 0 Å². The Morgan fingerprint density at radius 2 is 1.27 bits per heavy atom. The molecule has 0 radical (unpaired) electrons. The third-order valence-corrected chi connectivity index (χ3v) is 5.35. The molecule has 136 valence electrons. The Morgan fingerprint density at radius 3 is 1.73 bits per heavy atom. The summed E-state index contributed by atoms with van der Waals surface area (Å²) >= 11 is 0. The van der Waals surface area contributed by atoms with Gasteiger partial charge < -0.3 is 0 Å². The van der Waals surface area contributed by atoms with E-state index in [0.29, 0.717) is 11.8 Å². The van der Waals surface area contributed by atoms with E-state index in [1.54, 1.807) is 0 Å². The van der Waals surface area contributed by atoms with Crippen LogP contribution < -0.4 is 0 Å². The van der Waals surface area contributed by atoms with Crippen LogP contribution in [0.15, 0.2) is 60.2 Å². The first kappa shape index (κ1) is 18.7. The molecule has 3 rings (SSSR count). The third-order valence-electron chi connectivity index (χ3n) is 5.35. The largest absolute Gasteiger partial charge is 0.0764 e. The zero-order chi connectivity index (χ0) is 18.7. The van der Waals surface area contributed by atoms with Crippen LogP contribution in [0.4, 0.5) is 0 Å². The minimum Gasteiger partial charge on any atom is -0.0764 e. The first-order valence-corrected chi connectivity index (χ1v) is 10.0. The van der Waals surface area contributed by atoms with E-state index in [9.17, 15) is 0 Å². The predicted octanol–water partition coefficient (Wildman–Crippen LogP) is 7.35. The first-order chi connectivity index (χ1) is 12.5. The smallest absolute Gasteiger partial charge is 0.0187 e. The molecule has 0 bridgehead atoms. The van der Waals surface area contributed by atoms with Gasteiger partial charge in [0.1, 0.15) is 0 Å². The quantitative estimate of drug-likeness (QED) is 0.513. The fourth-order valence-corrected chi connectivity index (χ4v) is 4.36. The first-order valence-electron chi connectivity index (χ1n) is 10.0. The summed E-state index contributed by atoms with van der Waals surface area (Å²) in [7, 11) is 0. The Hall–Kier alpha value is -2.08. The van der Waals surface area contributed by atoms with Crippen LogP contribution in [0.2, 0.25) is 0 Å². The maximum Gasteiger partial charge on any atom is 0.0187 e. The monoisotopic (exact) mass is 344 g/mol. The van der Waals surface area contributed by atoms with Crippen LogP contribution in [0.25, 0.3) is 0 Å². The van der Waals surface area contributed by atoms with Gasteiger partial charge in [-0.2, -0.15) is 0 Å². The van der Waals surface area contributed by atoms with Crippen molar-refractivity contribution in [2.24, 2.45) is 5.92 Å². The molecule has 0 aliphatic heterocycles. The van der Waals surface area contributed by atoms with Crippen molar-refractivity contribution in [1.82, 2.24) is 0 Å². The van der Waals surface area contributed by atoms with E-state index in [1.807, 2.05) is 0 Å². The van der Waals surface area contributed by atoms with Crippen molar-refractivity contribution < 1.29 is 0 Å². The molecule has 1 aliphatic rings. The van der Waals surface area contributed by atoms with Crippen molar-refractivity contribution >= 4 is 0 Å². The minimum absolute atomic E-state index is 0.391. The van der Waals surface area contributed by atoms with E-state index in [2.05, 4.69) is 89.2 Å². The van der Waals surface area contributed by atoms with Crippen molar-refractivity contribution in [2.75, 3.05) is 0 Å². The third kappa shape index (κ3) is 4.36. The number of rotatable bonds is 6. The summed E-state index contributed by atoms with van der Waals surface area (Å²) in [6.45, 7) is 11.1. The number of aryl methyl sites for hydroxylation is 4. The second kappa shape index (κ2) is 8.08. The molecular formula is C26H32. The second-order valence-corrected chi connectivity index (χ2v) is 8.10. The van der Waals surface area contributed by atoms with Gasteiger partial charge in [-0.05, 0) is 51.7 Å². The summed E-state index contributed by atoms with van der Waals surface area (Å²) in [6.07, 6.45) is 11.0. The minimum atomic E-state index is 0.391. The van der Waals surface area contributed by atoms with Crippen molar-refractivity contribution in [2.45, 2.75) is 59.8 Å². The number of hydrogen-bond acceptors (Lipinski definition) is 0. The van der Waals surface area contributed by atoms with E-state index in [0.717, 1.165) is 0 Å². The average Bonchev–Trinajstić information content (AvgIpc) is 2.99. The summed E-state index contributed by atoms with van der Waals surface area (Å²) < 4.78 is 0. The van der Waals surface area contributed by atoms with Crippen molar-refractivity contribution in [3.8, 4) is 0 Å². The molecule has 2 aromatic carbocycles. The molecule has 2 aromatic rings. The summed E-state index contributed by atoms with van der Waals surface area (Å²) in [5, 5.41) is 0. The molecule has 0 heteroatoms. The van der Waals surface area contributed by atoms with Gasteiger partial charge in [0.05, 0.1) is 0 Å². The number of unbranched alkanes of at least 4 members (excludes halogenated alkanes) is 1. The molecule has 0 heterocycles. The maximum atomic E-state index is 2.51. The van der Waals surface area contributed by atoms with Gasteiger partial charge in [0.25, 0.3) is 0 Å². The van der Waals surface area contributed by atoms with Crippen LogP contribution in [0.5, 0.6) is 0 Å². The lowest BCUT2D eigenvalue weighted by Gasteiger charge is -2.24. The van der Waals surface area contributed by atoms with Gasteiger partial charge in [-0.15, -0.1) is 0 Å². The highest BCUT2D eigenvalue weighted by Gasteiger charge is 2.25. The SMILES string of the molecule is CCCCC1=CC(C(c2cc(C)cc(C)c2)c2cc(C)cc(C)c2)C=C1. The second-order valence-electron chi connectivity index (χ2n) is 8.10. The molecule has 0 aromatic heterocycles. The van der Waals surface area contributed by atoms with E-state index in [4.69, 9.17) is 0 Å². The summed E-state index contributed by atoms with van der Waals surface area (Å²) in [4.78, 5) is 0. The van der Waals surface area contributed by atoms with Gasteiger partial charge in [0, 0.05) is 11.8 Å². The Bertz CT molecular complexity index is 743. The molecule has 0 saturated heterocycles. The number of allylic oxidation sites excluding steroid dienone is 4. The fraction of sp³-hybridized carbons (Fsp3) is 0.385. The van der Waals surface area contributed by atoms with Gasteiger partial charge in [0.2, 0.25) is 0 Å². The summed E-state index contributed by atoms with van der Waals surface area (Å²) in [6, 6.07) is 14.0. The van der Waals surface area contributed by atoms with Crippen LogP contribution in [-0.2, 0) is 0 Å². The van der Waals surface area contributed by atoms with Crippen LogP contribution >= 0.6 is 0 Å². The van der Waals surface area contributed by atoms with Crippen LogP contribution in [-0.4, -0.2) is 0 Å². The number of hydrogen-bond donors (Lipinski definition) is 0. The van der Waals surface area contributed by atoms with Crippen LogP contribution in [0, 0.1) is 33.6 Å². The Balaban J connectivity index is 2.05. The zero-order valence-corrected chi connectivity index (χ0v) is 17.0. The van der Waals surface area contributed by atoms with Gasteiger partial charge >= 0.3 is 0 Å². The molecular weight excluding hydrogens is 312 g/mol. The summed E-state index contributed by atoms with van der Waals surface area (Å²) in [5.74, 6) is 0.840. The lowest BCUT2D eigenvalue weighted by atomic mass is 9.79. The molecule has 0 nitrogen and oxygen atoms in total. The Labute approximate surface area is 159 Å². The predicted molar refractivity (Wildman–Crippen MR) is 114 cm³/mol. The van der Waals surface area contributed by atoms with Gasteiger partial charge in [-0.1, -0.05) is 95.8 Å². The van der Waals surface area contributed by atoms with E-state index in [-0.39, 0.29) is 0 Å². The van der Waals surface area contributed by atoms with Crippen molar-refractivity contribution in [3.63, 3.8) is 0 Å². The lowest BCUT2D eigenvalue weighted by Crippen LogP contribution is -2.11. The molecule has 26 heavy (non-hydrogen) atoms. The molecule has 0 fully saturated rings. The molecule has 1 unspecified atom stereocenters. The molecule has 0 N–H and O–H groups in total. The lowest BCUT2D eigenvalue weighted by molar-refractivity contribution is 0.686. The van der Waals surface area contributed by atoms with Crippen molar-refractivity contribution in [3.05, 3.63) is 93.6 Å². The Kier molecular flexibility index (Phi) is 5.81. The van der Waals surface area contributed by atoms with Crippen molar-refractivity contribution in [1.29, 1.82) is 0 Å². The fourth-order valence-electron chi connectivity index (χ4n) is 4.36. The number of benzene rings is 2. The Morgan fingerprint density at radius 1 is 0.769 bits per heavy atom. The normalized spacial score (nSPS) is 16.4. The molecule has 1 aliphatic carbocycles. The molecule has 1 atom stereocenters. The highest BCUT2D eigenvalue weighted by atomic mass is 14.3. The molecule has 0 amide bonds. The maximum absolute atomic E-state index is 2.51. The highest BCUT2D eigenvalue weighted by Crippen LogP contribution is 2.39. The summed E-state index contributed by atoms with van der Waals surface area (Å²) in [5.41, 5.74) is 9.80. The van der Waals surface area contributed by atoms with E-state index >= 15 is 0 Å². The van der Waals surface area contributed by atoms with Crippen LogP contribution in [0.3, 0.4) is 0 Å². The van der Waals surface area contributed by atoms with Gasteiger partial charge in [0.15, 0.2) is 0 Å². The van der Waals surface area contributed by atoms with E-state index in [1.165, 1.54) is 58.2 Å². The standard InChI is InChI=1S/C26H32/c1-6-7-8-22-9-10-23(17-22)26(24-13-18(2)11-19(3)14-24)25-15-20(4)12-21(5)16-25/h9-17,23,26H,6-8H2,1-5H3. The zero-order valence-electron chi connectivity index (χ0n) is 17.0.